The van der Waals surface area contributed by atoms with Gasteiger partial charge in [0.25, 0.3) is 6.43 Å². The number of rotatable bonds is 7. The molecule has 0 saturated heterocycles. The van der Waals surface area contributed by atoms with Crippen molar-refractivity contribution in [3.05, 3.63) is 46.3 Å². The molecule has 3 aromatic rings. The second-order valence-electron chi connectivity index (χ2n) is 6.57. The summed E-state index contributed by atoms with van der Waals surface area (Å²) in [4.78, 5) is 19.1. The molecule has 27 heavy (non-hydrogen) atoms. The number of benzene rings is 1. The molecule has 1 aliphatic rings. The van der Waals surface area contributed by atoms with E-state index in [0.717, 1.165) is 0 Å². The zero-order valence-electron chi connectivity index (χ0n) is 14.1. The second kappa shape index (κ2) is 6.88. The largest absolute Gasteiger partial charge is 0.484 e. The number of nitrogens with zero attached hydrogens (tertiary/aromatic N) is 1. The number of amides is 1. The molecule has 1 saturated carbocycles. The van der Waals surface area contributed by atoms with Crippen molar-refractivity contribution in [3.63, 3.8) is 0 Å². The molecule has 9 heteroatoms. The van der Waals surface area contributed by atoms with Crippen LogP contribution in [0.15, 0.2) is 29.1 Å². The Hall–Kier alpha value is -2.55. The van der Waals surface area contributed by atoms with Crippen LogP contribution in [-0.2, 0) is 17.9 Å². The summed E-state index contributed by atoms with van der Waals surface area (Å²) in [6.45, 7) is 0.226. The molecular formula is C18H16F3N3O2S. The van der Waals surface area contributed by atoms with Gasteiger partial charge in [-0.25, -0.2) is 18.2 Å². The highest BCUT2D eigenvalue weighted by Crippen LogP contribution is 2.50. The lowest BCUT2D eigenvalue weighted by molar-refractivity contribution is -0.132. The summed E-state index contributed by atoms with van der Waals surface area (Å²) < 4.78 is 45.6. The van der Waals surface area contributed by atoms with E-state index in [0.29, 0.717) is 22.3 Å². The first kappa shape index (κ1) is 17.8. The molecule has 0 spiro atoms. The van der Waals surface area contributed by atoms with Gasteiger partial charge in [0.15, 0.2) is 11.6 Å². The van der Waals surface area contributed by atoms with Gasteiger partial charge in [0.05, 0.1) is 17.7 Å². The monoisotopic (exact) mass is 395 g/mol. The van der Waals surface area contributed by atoms with Crippen molar-refractivity contribution in [2.75, 3.05) is 0 Å². The van der Waals surface area contributed by atoms with Crippen LogP contribution in [0.5, 0.6) is 5.75 Å². The molecule has 0 bridgehead atoms. The number of hydrogen-bond acceptors (Lipinski definition) is 4. The van der Waals surface area contributed by atoms with Crippen molar-refractivity contribution < 1.29 is 22.7 Å². The number of aromatic nitrogens is 2. The molecule has 2 aromatic heterocycles. The number of fused-ring (bicyclic) bond motifs is 1. The van der Waals surface area contributed by atoms with E-state index in [1.165, 1.54) is 23.5 Å². The van der Waals surface area contributed by atoms with E-state index < -0.39 is 23.6 Å². The first-order valence-electron chi connectivity index (χ1n) is 8.35. The first-order chi connectivity index (χ1) is 13.0. The van der Waals surface area contributed by atoms with Gasteiger partial charge in [0, 0.05) is 28.0 Å². The van der Waals surface area contributed by atoms with Crippen LogP contribution in [0.4, 0.5) is 13.2 Å². The molecule has 4 rings (SSSR count). The summed E-state index contributed by atoms with van der Waals surface area (Å²) in [5, 5.41) is 4.96. The molecule has 2 heterocycles. The molecule has 1 aliphatic carbocycles. The number of nitrogens with one attached hydrogen (secondary N) is 2. The Labute approximate surface area is 156 Å². The van der Waals surface area contributed by atoms with Crippen LogP contribution in [0.2, 0.25) is 0 Å². The minimum atomic E-state index is -2.66. The van der Waals surface area contributed by atoms with Crippen LogP contribution in [-0.4, -0.2) is 22.3 Å². The van der Waals surface area contributed by atoms with Crippen molar-refractivity contribution in [2.24, 2.45) is 5.41 Å². The summed E-state index contributed by atoms with van der Waals surface area (Å²) in [5.41, 5.74) is 2.07. The molecule has 1 fully saturated rings. The van der Waals surface area contributed by atoms with E-state index in [9.17, 15) is 18.0 Å². The third-order valence-corrected chi connectivity index (χ3v) is 5.32. The van der Waals surface area contributed by atoms with Crippen molar-refractivity contribution >= 4 is 28.1 Å². The Morgan fingerprint density at radius 3 is 2.85 bits per heavy atom. The van der Waals surface area contributed by atoms with Gasteiger partial charge >= 0.3 is 0 Å². The summed E-state index contributed by atoms with van der Waals surface area (Å²) in [5.74, 6) is -1.07. The number of H-pyrrole nitrogens is 1. The minimum absolute atomic E-state index is 0.0681. The maximum absolute atomic E-state index is 14.2. The molecule has 0 radical (unpaired) electrons. The zero-order chi connectivity index (χ0) is 19.0. The number of ether oxygens (including phenoxy) is 1. The van der Waals surface area contributed by atoms with Crippen LogP contribution < -0.4 is 10.1 Å². The van der Waals surface area contributed by atoms with Gasteiger partial charge in [0.1, 0.15) is 12.0 Å². The van der Waals surface area contributed by atoms with Crippen molar-refractivity contribution in [1.29, 1.82) is 0 Å². The third kappa shape index (κ3) is 3.51. The summed E-state index contributed by atoms with van der Waals surface area (Å²) in [7, 11) is 0. The number of thiazole rings is 1. The average molecular weight is 395 g/mol. The highest BCUT2D eigenvalue weighted by Gasteiger charge is 2.57. The van der Waals surface area contributed by atoms with Crippen LogP contribution in [0.3, 0.4) is 0 Å². The molecule has 0 aliphatic heterocycles. The molecule has 142 valence electrons. The molecule has 5 nitrogen and oxygen atoms in total. The summed E-state index contributed by atoms with van der Waals surface area (Å²) in [6, 6.07) is 4.53. The minimum Gasteiger partial charge on any atom is -0.484 e. The van der Waals surface area contributed by atoms with Crippen LogP contribution in [0, 0.1) is 11.2 Å². The Balaban J connectivity index is 1.45. The molecule has 0 unspecified atom stereocenters. The number of carbonyl (C=O) groups is 1. The fourth-order valence-electron chi connectivity index (χ4n) is 2.89. The van der Waals surface area contributed by atoms with Crippen LogP contribution in [0.1, 0.15) is 24.2 Å². The molecule has 1 aromatic carbocycles. The standard InChI is InChI=1S/C18H16F3N3O2S/c19-13-4-10-3-11(6-22-17(25)18(1-2-18)16(20)21)24-14(10)5-15(13)26-7-12-8-27-9-23-12/h3-5,8-9,16,24H,1-2,6-7H2,(H,22,25). The highest BCUT2D eigenvalue weighted by molar-refractivity contribution is 7.07. The van der Waals surface area contributed by atoms with E-state index in [4.69, 9.17) is 4.74 Å². The summed E-state index contributed by atoms with van der Waals surface area (Å²) in [6.07, 6.45) is -2.26. The maximum atomic E-state index is 14.2. The van der Waals surface area contributed by atoms with E-state index in [1.54, 1.807) is 11.6 Å². The first-order valence-corrected chi connectivity index (χ1v) is 9.30. The van der Waals surface area contributed by atoms with Gasteiger partial charge in [-0.15, -0.1) is 11.3 Å². The van der Waals surface area contributed by atoms with Gasteiger partial charge in [-0.1, -0.05) is 0 Å². The fourth-order valence-corrected chi connectivity index (χ4v) is 3.43. The Bertz CT molecular complexity index is 968. The van der Waals surface area contributed by atoms with E-state index in [1.807, 2.05) is 5.38 Å². The number of aromatic amines is 1. The second-order valence-corrected chi connectivity index (χ2v) is 7.29. The Kier molecular flexibility index (Phi) is 4.55. The van der Waals surface area contributed by atoms with Crippen molar-refractivity contribution in [2.45, 2.75) is 32.4 Å². The van der Waals surface area contributed by atoms with E-state index >= 15 is 0 Å². The van der Waals surface area contributed by atoms with Gasteiger partial charge in [-0.2, -0.15) is 0 Å². The Morgan fingerprint density at radius 1 is 1.37 bits per heavy atom. The predicted molar refractivity (Wildman–Crippen MR) is 94.2 cm³/mol. The number of halogens is 3. The van der Waals surface area contributed by atoms with Gasteiger partial charge in [0.2, 0.25) is 5.91 Å². The van der Waals surface area contributed by atoms with Crippen molar-refractivity contribution in [3.8, 4) is 5.75 Å². The fraction of sp³-hybridized carbons (Fsp3) is 0.333. The van der Waals surface area contributed by atoms with Gasteiger partial charge in [-0.05, 0) is 25.0 Å². The molecule has 0 atom stereocenters. The number of hydrogen-bond donors (Lipinski definition) is 2. The average Bonchev–Trinajstić information content (AvgIpc) is 3.12. The SMILES string of the molecule is O=C(NCc1cc2cc(F)c(OCc3cscn3)cc2[nH]1)C1(C(F)F)CC1. The normalized spacial score (nSPS) is 15.3. The smallest absolute Gasteiger partial charge is 0.252 e. The topological polar surface area (TPSA) is 67.0 Å². The lowest BCUT2D eigenvalue weighted by Crippen LogP contribution is -2.35. The van der Waals surface area contributed by atoms with E-state index in [2.05, 4.69) is 15.3 Å². The predicted octanol–water partition coefficient (Wildman–Crippen LogP) is 4.00. The number of carbonyl (C=O) groups excluding carboxylic acids is 1. The van der Waals surface area contributed by atoms with E-state index in [-0.39, 0.29) is 31.7 Å². The maximum Gasteiger partial charge on any atom is 0.252 e. The number of alkyl halides is 2. The Morgan fingerprint density at radius 2 is 2.19 bits per heavy atom. The summed E-state index contributed by atoms with van der Waals surface area (Å²) >= 11 is 1.43. The van der Waals surface area contributed by atoms with Gasteiger partial charge < -0.3 is 15.0 Å². The van der Waals surface area contributed by atoms with Crippen LogP contribution >= 0.6 is 11.3 Å². The zero-order valence-corrected chi connectivity index (χ0v) is 14.9. The van der Waals surface area contributed by atoms with Crippen molar-refractivity contribution in [1.82, 2.24) is 15.3 Å². The van der Waals surface area contributed by atoms with Crippen LogP contribution in [0.25, 0.3) is 10.9 Å². The molecular weight excluding hydrogens is 379 g/mol. The molecule has 1 amide bonds. The lowest BCUT2D eigenvalue weighted by Gasteiger charge is -2.13. The quantitative estimate of drug-likeness (QED) is 0.635. The third-order valence-electron chi connectivity index (χ3n) is 4.69. The lowest BCUT2D eigenvalue weighted by atomic mass is 10.1. The molecule has 2 N–H and O–H groups in total. The highest BCUT2D eigenvalue weighted by atomic mass is 32.1. The van der Waals surface area contributed by atoms with Gasteiger partial charge in [-0.3, -0.25) is 4.79 Å².